The number of benzene rings is 1. The molecule has 3 aromatic rings. The van der Waals surface area contributed by atoms with E-state index in [2.05, 4.69) is 26.6 Å². The van der Waals surface area contributed by atoms with Crippen LogP contribution in [0.25, 0.3) is 11.2 Å². The first-order valence-electron chi connectivity index (χ1n) is 10.5. The van der Waals surface area contributed by atoms with Crippen molar-refractivity contribution in [2.24, 2.45) is 0 Å². The number of halogens is 1. The van der Waals surface area contributed by atoms with Gasteiger partial charge in [0.05, 0.1) is 13.7 Å². The van der Waals surface area contributed by atoms with Gasteiger partial charge in [-0.3, -0.25) is 4.40 Å². The fourth-order valence-electron chi connectivity index (χ4n) is 4.27. The molecule has 2 aliphatic heterocycles. The number of anilines is 1. The number of ether oxygens (including phenoxy) is 2. The van der Waals surface area contributed by atoms with Crippen LogP contribution in [-0.4, -0.2) is 57.4 Å². The highest BCUT2D eigenvalue weighted by Crippen LogP contribution is 2.31. The number of rotatable bonds is 4. The number of amides is 1. The van der Waals surface area contributed by atoms with Crippen LogP contribution in [0.15, 0.2) is 30.7 Å². The van der Waals surface area contributed by atoms with E-state index < -0.39 is 0 Å². The Bertz CT molecular complexity index is 1210. The molecule has 1 N–H and O–H groups in total. The first-order valence-corrected chi connectivity index (χ1v) is 10.5. The molecule has 0 radical (unpaired) electrons. The number of carbonyl (C=O) groups excluding carboxylic acids is 1. The van der Waals surface area contributed by atoms with E-state index in [1.165, 1.54) is 13.2 Å². The summed E-state index contributed by atoms with van der Waals surface area (Å²) in [6.45, 7) is 1.99. The molecule has 0 atom stereocenters. The maximum Gasteiger partial charge on any atom is 0.409 e. The van der Waals surface area contributed by atoms with Gasteiger partial charge >= 0.3 is 6.09 Å². The van der Waals surface area contributed by atoms with E-state index in [1.807, 2.05) is 0 Å². The molecular formula is C22H23FN6O3. The van der Waals surface area contributed by atoms with Crippen LogP contribution >= 0.6 is 0 Å². The summed E-state index contributed by atoms with van der Waals surface area (Å²) in [5.74, 6) is 0.995. The molecule has 0 spiro atoms. The van der Waals surface area contributed by atoms with E-state index in [1.54, 1.807) is 27.9 Å². The molecule has 32 heavy (non-hydrogen) atoms. The van der Waals surface area contributed by atoms with Crippen LogP contribution in [0.4, 0.5) is 15.1 Å². The Kier molecular flexibility index (Phi) is 5.34. The van der Waals surface area contributed by atoms with Crippen molar-refractivity contribution in [3.05, 3.63) is 53.2 Å². The van der Waals surface area contributed by atoms with Gasteiger partial charge < -0.3 is 19.7 Å². The van der Waals surface area contributed by atoms with Crippen molar-refractivity contribution in [1.29, 1.82) is 0 Å². The maximum absolute atomic E-state index is 14.5. The van der Waals surface area contributed by atoms with Crippen LogP contribution in [0, 0.1) is 5.82 Å². The Labute approximate surface area is 183 Å². The molecule has 0 bridgehead atoms. The lowest BCUT2D eigenvalue weighted by atomic mass is 10.0. The summed E-state index contributed by atoms with van der Waals surface area (Å²) in [6.07, 6.45) is 7.18. The maximum atomic E-state index is 14.5. The second-order valence-corrected chi connectivity index (χ2v) is 7.70. The quantitative estimate of drug-likeness (QED) is 0.669. The van der Waals surface area contributed by atoms with E-state index >= 15 is 0 Å². The van der Waals surface area contributed by atoms with E-state index in [0.717, 1.165) is 22.4 Å². The molecule has 0 unspecified atom stereocenters. The minimum atomic E-state index is -0.324. The fourth-order valence-corrected chi connectivity index (χ4v) is 4.27. The summed E-state index contributed by atoms with van der Waals surface area (Å²) < 4.78 is 26.6. The van der Waals surface area contributed by atoms with E-state index in [9.17, 15) is 9.18 Å². The molecule has 0 fully saturated rings. The number of aromatic nitrogens is 4. The summed E-state index contributed by atoms with van der Waals surface area (Å²) >= 11 is 0. The van der Waals surface area contributed by atoms with Gasteiger partial charge in [-0.2, -0.15) is 0 Å². The van der Waals surface area contributed by atoms with Gasteiger partial charge in [0.1, 0.15) is 17.9 Å². The highest BCUT2D eigenvalue weighted by Gasteiger charge is 2.21. The molecular weight excluding hydrogens is 415 g/mol. The second kappa shape index (κ2) is 8.45. The van der Waals surface area contributed by atoms with Gasteiger partial charge in [-0.05, 0) is 30.5 Å². The first-order chi connectivity index (χ1) is 15.7. The van der Waals surface area contributed by atoms with Crippen LogP contribution in [0.1, 0.15) is 29.5 Å². The molecule has 4 heterocycles. The number of fused-ring (bicyclic) bond motifs is 2. The first kappa shape index (κ1) is 20.2. The molecule has 1 amide bonds. The average Bonchev–Trinajstić information content (AvgIpc) is 3.43. The molecule has 2 aromatic heterocycles. The monoisotopic (exact) mass is 438 g/mol. The lowest BCUT2D eigenvalue weighted by molar-refractivity contribution is 0.126. The number of methoxy groups -OCH3 is 1. The zero-order valence-electron chi connectivity index (χ0n) is 17.7. The van der Waals surface area contributed by atoms with Crippen molar-refractivity contribution >= 4 is 23.3 Å². The van der Waals surface area contributed by atoms with Crippen LogP contribution < -0.4 is 10.1 Å². The zero-order chi connectivity index (χ0) is 22.1. The summed E-state index contributed by atoms with van der Waals surface area (Å²) in [7, 11) is 1.39. The highest BCUT2D eigenvalue weighted by atomic mass is 19.1. The van der Waals surface area contributed by atoms with Gasteiger partial charge in [-0.25, -0.2) is 14.2 Å². The number of nitrogens with one attached hydrogen (secondary N) is 1. The summed E-state index contributed by atoms with van der Waals surface area (Å²) in [5.41, 5.74) is 4.05. The Morgan fingerprint density at radius 3 is 3.09 bits per heavy atom. The third kappa shape index (κ3) is 3.61. The number of hydrogen-bond donors (Lipinski definition) is 1. The lowest BCUT2D eigenvalue weighted by Crippen LogP contribution is -2.31. The smallest absolute Gasteiger partial charge is 0.409 e. The fraction of sp³-hybridized carbons (Fsp3) is 0.364. The highest BCUT2D eigenvalue weighted by molar-refractivity contribution is 5.77. The van der Waals surface area contributed by atoms with Crippen molar-refractivity contribution in [2.75, 3.05) is 32.1 Å². The predicted molar refractivity (Wildman–Crippen MR) is 115 cm³/mol. The third-order valence-corrected chi connectivity index (χ3v) is 5.92. The van der Waals surface area contributed by atoms with E-state index in [0.29, 0.717) is 56.1 Å². The molecule has 0 saturated heterocycles. The van der Waals surface area contributed by atoms with Crippen LogP contribution in [-0.2, 0) is 17.7 Å². The largest absolute Gasteiger partial charge is 0.493 e. The second-order valence-electron chi connectivity index (χ2n) is 7.70. The number of hydrogen-bond acceptors (Lipinski definition) is 7. The van der Waals surface area contributed by atoms with Gasteiger partial charge in [-0.15, -0.1) is 10.2 Å². The Hall–Kier alpha value is -3.69. The Morgan fingerprint density at radius 1 is 1.31 bits per heavy atom. The summed E-state index contributed by atoms with van der Waals surface area (Å²) in [5, 5.41) is 11.6. The molecule has 0 saturated carbocycles. The molecule has 9 nitrogen and oxygen atoms in total. The lowest BCUT2D eigenvalue weighted by Gasteiger charge is -2.18. The van der Waals surface area contributed by atoms with Gasteiger partial charge in [-0.1, -0.05) is 6.08 Å². The zero-order valence-corrected chi connectivity index (χ0v) is 17.7. The number of nitrogens with zero attached hydrogens (tertiary/aromatic N) is 5. The molecule has 166 valence electrons. The average molecular weight is 438 g/mol. The molecule has 0 aliphatic carbocycles. The third-order valence-electron chi connectivity index (χ3n) is 5.92. The topological polar surface area (TPSA) is 93.9 Å². The number of carbonyl (C=O) groups is 1. The van der Waals surface area contributed by atoms with Gasteiger partial charge in [0, 0.05) is 48.9 Å². The standard InChI is InChI=1S/C22H23FN6O3/c1-31-22(30)28-8-2-3-14(6-9-28)16-11-24-21(29-13-26-27-20(16)29)25-12-17-15-7-10-32-19(15)5-4-18(17)23/h3-5,11,13H,2,6-10,12H2,1H3,(H,24,25). The van der Waals surface area contributed by atoms with Crippen molar-refractivity contribution in [1.82, 2.24) is 24.5 Å². The summed E-state index contributed by atoms with van der Waals surface area (Å²) in [6, 6.07) is 3.11. The van der Waals surface area contributed by atoms with Crippen LogP contribution in [0.5, 0.6) is 5.75 Å². The Balaban J connectivity index is 1.39. The van der Waals surface area contributed by atoms with Crippen molar-refractivity contribution in [3.8, 4) is 5.75 Å². The van der Waals surface area contributed by atoms with Gasteiger partial charge in [0.2, 0.25) is 5.95 Å². The van der Waals surface area contributed by atoms with Crippen molar-refractivity contribution in [3.63, 3.8) is 0 Å². The molecule has 1 aromatic carbocycles. The SMILES string of the molecule is COC(=O)N1CCC=C(c2cnc(NCc3c(F)ccc4c3CCO4)n3cnnc23)CC1. The molecule has 2 aliphatic rings. The van der Waals surface area contributed by atoms with E-state index in [4.69, 9.17) is 9.47 Å². The van der Waals surface area contributed by atoms with E-state index in [-0.39, 0.29) is 18.5 Å². The predicted octanol–water partition coefficient (Wildman–Crippen LogP) is 3.06. The normalized spacial score (nSPS) is 15.7. The van der Waals surface area contributed by atoms with Gasteiger partial charge in [0.25, 0.3) is 0 Å². The Morgan fingerprint density at radius 2 is 2.22 bits per heavy atom. The van der Waals surface area contributed by atoms with Crippen LogP contribution in [0.3, 0.4) is 0 Å². The minimum absolute atomic E-state index is 0.267. The van der Waals surface area contributed by atoms with Gasteiger partial charge in [0.15, 0.2) is 5.65 Å². The van der Waals surface area contributed by atoms with Crippen LogP contribution in [0.2, 0.25) is 0 Å². The van der Waals surface area contributed by atoms with Crippen molar-refractivity contribution in [2.45, 2.75) is 25.8 Å². The summed E-state index contributed by atoms with van der Waals surface area (Å²) in [4.78, 5) is 18.1. The minimum Gasteiger partial charge on any atom is -0.493 e. The molecule has 5 rings (SSSR count). The van der Waals surface area contributed by atoms with Crippen molar-refractivity contribution < 1.29 is 18.7 Å². The molecule has 10 heteroatoms.